The number of nitrogens with zero attached hydrogens (tertiary/aromatic N) is 5. The average molecular weight is 400 g/mol. The van der Waals surface area contributed by atoms with Gasteiger partial charge in [0.15, 0.2) is 5.82 Å². The molecule has 1 aromatic carbocycles. The van der Waals surface area contributed by atoms with Crippen molar-refractivity contribution in [2.45, 2.75) is 33.4 Å². The van der Waals surface area contributed by atoms with Crippen LogP contribution < -0.4 is 10.1 Å². The van der Waals surface area contributed by atoms with Crippen LogP contribution in [0.5, 0.6) is 5.75 Å². The van der Waals surface area contributed by atoms with Gasteiger partial charge in [0.1, 0.15) is 17.1 Å². The fourth-order valence-corrected chi connectivity index (χ4v) is 2.82. The van der Waals surface area contributed by atoms with Crippen LogP contribution in [0.2, 0.25) is 0 Å². The Morgan fingerprint density at radius 3 is 2.66 bits per heavy atom. The minimum absolute atomic E-state index is 0.0248. The molecule has 0 atom stereocenters. The first-order valence-electron chi connectivity index (χ1n) is 8.81. The van der Waals surface area contributed by atoms with E-state index < -0.39 is 4.92 Å². The van der Waals surface area contributed by atoms with Crippen LogP contribution in [0.1, 0.15) is 23.6 Å². The van der Waals surface area contributed by atoms with E-state index in [9.17, 15) is 14.9 Å². The monoisotopic (exact) mass is 400 g/mol. The van der Waals surface area contributed by atoms with Crippen molar-refractivity contribution >= 4 is 11.6 Å². The van der Waals surface area contributed by atoms with E-state index in [-0.39, 0.29) is 31.1 Å². The average Bonchev–Trinajstić information content (AvgIpc) is 3.29. The van der Waals surface area contributed by atoms with Gasteiger partial charge < -0.3 is 14.6 Å². The van der Waals surface area contributed by atoms with Crippen LogP contribution >= 0.6 is 0 Å². The number of benzene rings is 1. The predicted molar refractivity (Wildman–Crippen MR) is 101 cm³/mol. The third-order valence-corrected chi connectivity index (χ3v) is 4.33. The lowest BCUT2D eigenvalue weighted by molar-refractivity contribution is -0.386. The molecule has 3 aromatic rings. The van der Waals surface area contributed by atoms with Gasteiger partial charge in [0.05, 0.1) is 25.1 Å². The quantitative estimate of drug-likeness (QED) is 0.448. The SMILES string of the molecule is COc1ccc(-c2nc(CNC(=O)CCn3nc(C)c([N+](=O)[O-])c3C)no2)cc1. The zero-order valence-corrected chi connectivity index (χ0v) is 16.2. The van der Waals surface area contributed by atoms with Crippen LogP contribution in [0, 0.1) is 24.0 Å². The molecular weight excluding hydrogens is 380 g/mol. The van der Waals surface area contributed by atoms with Crippen LogP contribution in [-0.2, 0) is 17.9 Å². The smallest absolute Gasteiger partial charge is 0.312 e. The molecule has 0 aliphatic rings. The molecule has 2 heterocycles. The van der Waals surface area contributed by atoms with Gasteiger partial charge in [0.2, 0.25) is 5.91 Å². The number of carbonyl (C=O) groups excluding carboxylic acids is 1. The van der Waals surface area contributed by atoms with Crippen LogP contribution in [0.3, 0.4) is 0 Å². The van der Waals surface area contributed by atoms with Crippen LogP contribution in [-0.4, -0.2) is 37.9 Å². The molecule has 0 spiro atoms. The predicted octanol–water partition coefficient (Wildman–Crippen LogP) is 2.17. The van der Waals surface area contributed by atoms with Crippen LogP contribution in [0.4, 0.5) is 5.69 Å². The highest BCUT2D eigenvalue weighted by Crippen LogP contribution is 2.22. The fourth-order valence-electron chi connectivity index (χ4n) is 2.82. The number of nitrogens with one attached hydrogen (secondary N) is 1. The van der Waals surface area contributed by atoms with Crippen molar-refractivity contribution in [1.29, 1.82) is 0 Å². The topological polar surface area (TPSA) is 138 Å². The number of hydrogen-bond acceptors (Lipinski definition) is 8. The number of methoxy groups -OCH3 is 1. The van der Waals surface area contributed by atoms with Gasteiger partial charge in [-0.3, -0.25) is 19.6 Å². The molecular formula is C18H20N6O5. The Balaban J connectivity index is 1.53. The maximum atomic E-state index is 12.1. The van der Waals surface area contributed by atoms with Gasteiger partial charge in [-0.1, -0.05) is 5.16 Å². The fraction of sp³-hybridized carbons (Fsp3) is 0.333. The summed E-state index contributed by atoms with van der Waals surface area (Å²) in [6.07, 6.45) is 0.113. The summed E-state index contributed by atoms with van der Waals surface area (Å²) >= 11 is 0. The van der Waals surface area contributed by atoms with E-state index >= 15 is 0 Å². The van der Waals surface area contributed by atoms with Crippen molar-refractivity contribution in [2.75, 3.05) is 7.11 Å². The van der Waals surface area contributed by atoms with Gasteiger partial charge in [-0.25, -0.2) is 0 Å². The zero-order chi connectivity index (χ0) is 21.0. The Morgan fingerprint density at radius 2 is 2.03 bits per heavy atom. The highest BCUT2D eigenvalue weighted by molar-refractivity contribution is 5.75. The molecule has 0 aliphatic carbocycles. The summed E-state index contributed by atoms with van der Waals surface area (Å²) in [6, 6.07) is 7.15. The molecule has 0 bridgehead atoms. The number of aromatic nitrogens is 4. The first-order valence-corrected chi connectivity index (χ1v) is 8.81. The standard InChI is InChI=1S/C18H20N6O5/c1-11-17(24(26)27)12(2)23(21-11)9-8-16(25)19-10-15-20-18(29-22-15)13-4-6-14(28-3)7-5-13/h4-7H,8-10H2,1-3H3,(H,19,25). The summed E-state index contributed by atoms with van der Waals surface area (Å²) < 4.78 is 11.8. The van der Waals surface area contributed by atoms with Crippen molar-refractivity contribution in [3.05, 3.63) is 51.6 Å². The van der Waals surface area contributed by atoms with Crippen molar-refractivity contribution in [3.8, 4) is 17.2 Å². The first kappa shape index (κ1) is 20.0. The molecule has 2 aromatic heterocycles. The third-order valence-electron chi connectivity index (χ3n) is 4.33. The second-order valence-corrected chi connectivity index (χ2v) is 6.27. The first-order chi connectivity index (χ1) is 13.9. The molecule has 29 heavy (non-hydrogen) atoms. The molecule has 152 valence electrons. The minimum Gasteiger partial charge on any atom is -0.497 e. The summed E-state index contributed by atoms with van der Waals surface area (Å²) in [4.78, 5) is 26.9. The maximum Gasteiger partial charge on any atom is 0.312 e. The van der Waals surface area contributed by atoms with Crippen molar-refractivity contribution in [2.24, 2.45) is 0 Å². The summed E-state index contributed by atoms with van der Waals surface area (Å²) in [6.45, 7) is 3.51. The van der Waals surface area contributed by atoms with E-state index in [2.05, 4.69) is 20.6 Å². The molecule has 0 unspecified atom stereocenters. The van der Waals surface area contributed by atoms with E-state index in [1.165, 1.54) is 4.68 Å². The van der Waals surface area contributed by atoms with Crippen molar-refractivity contribution < 1.29 is 19.0 Å². The van der Waals surface area contributed by atoms with Gasteiger partial charge >= 0.3 is 5.69 Å². The number of ether oxygens (including phenoxy) is 1. The lowest BCUT2D eigenvalue weighted by Crippen LogP contribution is -2.24. The number of rotatable bonds is 8. The van der Waals surface area contributed by atoms with E-state index in [0.29, 0.717) is 28.9 Å². The molecule has 0 aliphatic heterocycles. The second-order valence-electron chi connectivity index (χ2n) is 6.27. The van der Waals surface area contributed by atoms with E-state index in [1.54, 1.807) is 45.2 Å². The molecule has 11 nitrogen and oxygen atoms in total. The molecule has 3 rings (SSSR count). The zero-order valence-electron chi connectivity index (χ0n) is 16.2. The summed E-state index contributed by atoms with van der Waals surface area (Å²) in [5, 5.41) is 21.7. The number of aryl methyl sites for hydroxylation is 2. The molecule has 0 saturated heterocycles. The number of amides is 1. The highest BCUT2D eigenvalue weighted by Gasteiger charge is 2.21. The summed E-state index contributed by atoms with van der Waals surface area (Å²) in [7, 11) is 1.58. The molecule has 1 amide bonds. The number of carbonyl (C=O) groups is 1. The Kier molecular flexibility index (Phi) is 5.86. The largest absolute Gasteiger partial charge is 0.497 e. The van der Waals surface area contributed by atoms with E-state index in [0.717, 1.165) is 5.56 Å². The molecule has 0 radical (unpaired) electrons. The van der Waals surface area contributed by atoms with Gasteiger partial charge in [0, 0.05) is 12.0 Å². The van der Waals surface area contributed by atoms with E-state index in [4.69, 9.17) is 9.26 Å². The van der Waals surface area contributed by atoms with Crippen molar-refractivity contribution in [1.82, 2.24) is 25.2 Å². The molecule has 1 N–H and O–H groups in total. The van der Waals surface area contributed by atoms with Gasteiger partial charge in [-0.2, -0.15) is 10.1 Å². The summed E-state index contributed by atoms with van der Waals surface area (Å²) in [5.41, 5.74) is 1.46. The van der Waals surface area contributed by atoms with Crippen LogP contribution in [0.25, 0.3) is 11.5 Å². The molecule has 0 fully saturated rings. The van der Waals surface area contributed by atoms with Gasteiger partial charge in [0.25, 0.3) is 5.89 Å². The maximum absolute atomic E-state index is 12.1. The molecule has 11 heteroatoms. The number of hydrogen-bond donors (Lipinski definition) is 1. The highest BCUT2D eigenvalue weighted by atomic mass is 16.6. The minimum atomic E-state index is -0.467. The normalized spacial score (nSPS) is 10.7. The summed E-state index contributed by atoms with van der Waals surface area (Å²) in [5.74, 6) is 1.14. The van der Waals surface area contributed by atoms with Crippen molar-refractivity contribution in [3.63, 3.8) is 0 Å². The van der Waals surface area contributed by atoms with E-state index in [1.807, 2.05) is 0 Å². The Morgan fingerprint density at radius 1 is 1.31 bits per heavy atom. The number of nitro groups is 1. The Labute approximate surface area is 165 Å². The Bertz CT molecular complexity index is 1020. The molecule has 0 saturated carbocycles. The Hall–Kier alpha value is -3.76. The lowest BCUT2D eigenvalue weighted by atomic mass is 10.2. The van der Waals surface area contributed by atoms with Crippen LogP contribution in [0.15, 0.2) is 28.8 Å². The van der Waals surface area contributed by atoms with Gasteiger partial charge in [-0.15, -0.1) is 0 Å². The second kappa shape index (κ2) is 8.50. The third kappa shape index (κ3) is 4.57. The van der Waals surface area contributed by atoms with Gasteiger partial charge in [-0.05, 0) is 38.1 Å². The lowest BCUT2D eigenvalue weighted by Gasteiger charge is -2.04.